The van der Waals surface area contributed by atoms with Crippen molar-refractivity contribution in [3.05, 3.63) is 12.2 Å². The van der Waals surface area contributed by atoms with Gasteiger partial charge in [-0.05, 0) is 62.7 Å². The number of unbranched alkanes of at least 4 members (excludes halogenated alkanes) is 2. The van der Waals surface area contributed by atoms with Crippen molar-refractivity contribution in [3.8, 4) is 0 Å². The standard InChI is InChI=1S/C25H46O4Si/c1-7-8-9-12-21(26)14-16-25-15-10-13-23(25)29-22(19-25)20-27-17-11-18-28-30(5,6)24(2,3)4/h14,16,22-23H,7-13,15,17-20H2,1-6H3/b16-14+/t22-,23-,25+/m0/s1. The van der Waals surface area contributed by atoms with Crippen molar-refractivity contribution in [1.29, 1.82) is 0 Å². The molecular weight excluding hydrogens is 392 g/mol. The first-order valence-corrected chi connectivity index (χ1v) is 15.1. The summed E-state index contributed by atoms with van der Waals surface area (Å²) in [6, 6.07) is 0. The van der Waals surface area contributed by atoms with Gasteiger partial charge in [0.2, 0.25) is 0 Å². The summed E-state index contributed by atoms with van der Waals surface area (Å²) in [5.41, 5.74) is 0.0554. The number of carbonyl (C=O) groups is 1. The Bertz CT molecular complexity index is 566. The molecule has 0 spiro atoms. The minimum absolute atomic E-state index is 0.0554. The van der Waals surface area contributed by atoms with Gasteiger partial charge in [-0.3, -0.25) is 4.79 Å². The van der Waals surface area contributed by atoms with Crippen molar-refractivity contribution in [1.82, 2.24) is 0 Å². The highest BCUT2D eigenvalue weighted by molar-refractivity contribution is 6.74. The van der Waals surface area contributed by atoms with Crippen molar-refractivity contribution in [2.24, 2.45) is 5.41 Å². The summed E-state index contributed by atoms with van der Waals surface area (Å²) >= 11 is 0. The number of hydrogen-bond acceptors (Lipinski definition) is 4. The molecule has 0 bridgehead atoms. The van der Waals surface area contributed by atoms with Gasteiger partial charge in [0.25, 0.3) is 0 Å². The molecule has 0 aromatic rings. The highest BCUT2D eigenvalue weighted by Gasteiger charge is 2.49. The summed E-state index contributed by atoms with van der Waals surface area (Å²) in [7, 11) is -1.66. The second-order valence-electron chi connectivity index (χ2n) is 10.9. The molecule has 0 unspecified atom stereocenters. The van der Waals surface area contributed by atoms with Crippen LogP contribution in [0.3, 0.4) is 0 Å². The Morgan fingerprint density at radius 2 is 1.97 bits per heavy atom. The largest absolute Gasteiger partial charge is 0.417 e. The molecule has 174 valence electrons. The minimum Gasteiger partial charge on any atom is -0.417 e. The predicted molar refractivity (Wildman–Crippen MR) is 126 cm³/mol. The first-order valence-electron chi connectivity index (χ1n) is 12.2. The van der Waals surface area contributed by atoms with Crippen molar-refractivity contribution in [2.45, 2.75) is 116 Å². The van der Waals surface area contributed by atoms with Gasteiger partial charge in [0.15, 0.2) is 14.1 Å². The normalized spacial score (nSPS) is 27.1. The Kier molecular flexibility index (Phi) is 9.79. The molecule has 0 amide bonds. The molecule has 2 fully saturated rings. The van der Waals surface area contributed by atoms with Crippen LogP contribution in [0.5, 0.6) is 0 Å². The molecule has 0 aromatic carbocycles. The topological polar surface area (TPSA) is 44.8 Å². The van der Waals surface area contributed by atoms with E-state index in [9.17, 15) is 4.79 Å². The third kappa shape index (κ3) is 7.28. The van der Waals surface area contributed by atoms with E-state index < -0.39 is 8.32 Å². The molecule has 5 heteroatoms. The Morgan fingerprint density at radius 3 is 2.67 bits per heavy atom. The first kappa shape index (κ1) is 25.8. The second-order valence-corrected chi connectivity index (χ2v) is 15.7. The lowest BCUT2D eigenvalue weighted by Crippen LogP contribution is -2.41. The second kappa shape index (κ2) is 11.4. The molecule has 30 heavy (non-hydrogen) atoms. The molecule has 0 radical (unpaired) electrons. The molecule has 4 nitrogen and oxygen atoms in total. The van der Waals surface area contributed by atoms with Crippen LogP contribution in [0.4, 0.5) is 0 Å². The van der Waals surface area contributed by atoms with Crippen molar-refractivity contribution < 1.29 is 18.7 Å². The van der Waals surface area contributed by atoms with Crippen LogP contribution in [0.15, 0.2) is 12.2 Å². The average Bonchev–Trinajstić information content (AvgIpc) is 3.19. The number of ether oxygens (including phenoxy) is 2. The summed E-state index contributed by atoms with van der Waals surface area (Å²) in [6.45, 7) is 15.7. The molecule has 1 saturated heterocycles. The fourth-order valence-corrected chi connectivity index (χ4v) is 5.46. The summed E-state index contributed by atoms with van der Waals surface area (Å²) in [4.78, 5) is 12.2. The molecule has 2 rings (SSSR count). The van der Waals surface area contributed by atoms with Gasteiger partial charge in [-0.1, -0.05) is 46.6 Å². The molecule has 1 saturated carbocycles. The van der Waals surface area contributed by atoms with Gasteiger partial charge < -0.3 is 13.9 Å². The minimum atomic E-state index is -1.66. The molecule has 1 heterocycles. The van der Waals surface area contributed by atoms with Crippen LogP contribution in [0, 0.1) is 5.41 Å². The van der Waals surface area contributed by atoms with Gasteiger partial charge in [-0.25, -0.2) is 0 Å². The molecule has 1 aliphatic heterocycles. The van der Waals surface area contributed by atoms with Crippen molar-refractivity contribution >= 4 is 14.1 Å². The van der Waals surface area contributed by atoms with Crippen LogP contribution in [0.25, 0.3) is 0 Å². The van der Waals surface area contributed by atoms with Crippen molar-refractivity contribution in [3.63, 3.8) is 0 Å². The van der Waals surface area contributed by atoms with Gasteiger partial charge in [0, 0.05) is 25.0 Å². The SMILES string of the molecule is CCCCCC(=O)/C=C/[C@@]12CCC[C@@H]1O[C@H](COCCCO[Si](C)(C)C(C)(C)C)C2. The molecule has 3 atom stereocenters. The maximum atomic E-state index is 12.2. The van der Waals surface area contributed by atoms with Crippen LogP contribution in [0.1, 0.15) is 85.5 Å². The lowest BCUT2D eigenvalue weighted by Gasteiger charge is -2.36. The van der Waals surface area contributed by atoms with Gasteiger partial charge in [0.05, 0.1) is 18.8 Å². The number of allylic oxidation sites excluding steroid dienone is 1. The third-order valence-electron chi connectivity index (χ3n) is 7.35. The lowest BCUT2D eigenvalue weighted by atomic mass is 9.80. The molecular formula is C25H46O4Si. The Balaban J connectivity index is 1.70. The first-order chi connectivity index (χ1) is 14.1. The van der Waals surface area contributed by atoms with Crippen molar-refractivity contribution in [2.75, 3.05) is 19.8 Å². The zero-order valence-corrected chi connectivity index (χ0v) is 21.4. The zero-order valence-electron chi connectivity index (χ0n) is 20.4. The molecule has 0 aromatic heterocycles. The van der Waals surface area contributed by atoms with Crippen LogP contribution in [-0.2, 0) is 18.7 Å². The lowest BCUT2D eigenvalue weighted by molar-refractivity contribution is -0.114. The van der Waals surface area contributed by atoms with E-state index in [1.165, 1.54) is 6.42 Å². The van der Waals surface area contributed by atoms with E-state index >= 15 is 0 Å². The fraction of sp³-hybridized carbons (Fsp3) is 0.880. The zero-order chi connectivity index (χ0) is 22.3. The Labute approximate surface area is 186 Å². The van der Waals surface area contributed by atoms with Gasteiger partial charge in [-0.2, -0.15) is 0 Å². The Hall–Kier alpha value is -0.493. The number of fused-ring (bicyclic) bond motifs is 1. The van der Waals surface area contributed by atoms with Crippen LogP contribution in [-0.4, -0.2) is 46.1 Å². The van der Waals surface area contributed by atoms with E-state index in [1.54, 1.807) is 0 Å². The molecule has 0 N–H and O–H groups in total. The van der Waals surface area contributed by atoms with Gasteiger partial charge in [-0.15, -0.1) is 0 Å². The van der Waals surface area contributed by atoms with E-state index in [2.05, 4.69) is 46.9 Å². The monoisotopic (exact) mass is 438 g/mol. The fourth-order valence-electron chi connectivity index (χ4n) is 4.37. The number of ketones is 1. The highest BCUT2D eigenvalue weighted by atomic mass is 28.4. The maximum Gasteiger partial charge on any atom is 0.191 e. The predicted octanol–water partition coefficient (Wildman–Crippen LogP) is 6.45. The smallest absolute Gasteiger partial charge is 0.191 e. The summed E-state index contributed by atoms with van der Waals surface area (Å²) < 4.78 is 18.5. The maximum absolute atomic E-state index is 12.2. The van der Waals surface area contributed by atoms with E-state index in [4.69, 9.17) is 13.9 Å². The van der Waals surface area contributed by atoms with Crippen LogP contribution < -0.4 is 0 Å². The van der Waals surface area contributed by atoms with E-state index in [0.29, 0.717) is 13.0 Å². The van der Waals surface area contributed by atoms with E-state index in [1.807, 2.05) is 6.08 Å². The Morgan fingerprint density at radius 1 is 1.20 bits per heavy atom. The van der Waals surface area contributed by atoms with Gasteiger partial charge >= 0.3 is 0 Å². The molecule has 2 aliphatic rings. The van der Waals surface area contributed by atoms with Gasteiger partial charge in [0.1, 0.15) is 0 Å². The number of hydrogen-bond donors (Lipinski definition) is 0. The van der Waals surface area contributed by atoms with E-state index in [-0.39, 0.29) is 28.4 Å². The average molecular weight is 439 g/mol. The highest BCUT2D eigenvalue weighted by Crippen LogP contribution is 2.51. The summed E-state index contributed by atoms with van der Waals surface area (Å²) in [5, 5.41) is 0.253. The van der Waals surface area contributed by atoms with Crippen LogP contribution >= 0.6 is 0 Å². The summed E-state index contributed by atoms with van der Waals surface area (Å²) in [6.07, 6.45) is 13.7. The third-order valence-corrected chi connectivity index (χ3v) is 11.9. The summed E-state index contributed by atoms with van der Waals surface area (Å²) in [5.74, 6) is 0.268. The number of rotatable bonds is 13. The van der Waals surface area contributed by atoms with E-state index in [0.717, 1.165) is 58.2 Å². The quantitative estimate of drug-likeness (QED) is 0.188. The van der Waals surface area contributed by atoms with Crippen LogP contribution in [0.2, 0.25) is 18.1 Å². The number of carbonyl (C=O) groups excluding carboxylic acids is 1. The molecule has 1 aliphatic carbocycles.